The molecule has 0 aliphatic heterocycles. The van der Waals surface area contributed by atoms with E-state index in [1.165, 1.54) is 27.8 Å². The Morgan fingerprint density at radius 3 is 0.566 bits per heavy atom. The van der Waals surface area contributed by atoms with Gasteiger partial charge in [0.25, 0.3) is 0 Å². The van der Waals surface area contributed by atoms with Crippen molar-refractivity contribution in [3.8, 4) is 5.75 Å². The molecular formula is C96H112Cl4N8ORu4+4. The van der Waals surface area contributed by atoms with E-state index in [1.54, 1.807) is 56.7 Å². The van der Waals surface area contributed by atoms with E-state index >= 15 is 0 Å². The third-order valence-electron chi connectivity index (χ3n) is 14.1. The molecule has 0 bridgehead atoms. The van der Waals surface area contributed by atoms with E-state index in [9.17, 15) is 0 Å². The Bertz CT molecular complexity index is 4190. The number of hydrogen-bond acceptors (Lipinski definition) is 9. The van der Waals surface area contributed by atoms with Gasteiger partial charge >= 0.3 is 108 Å². The molecule has 16 aromatic rings. The van der Waals surface area contributed by atoms with Crippen LogP contribution in [0.15, 0.2) is 304 Å². The van der Waals surface area contributed by atoms with Gasteiger partial charge in [0.05, 0.1) is 132 Å². The van der Waals surface area contributed by atoms with Crippen LogP contribution in [0, 0.1) is 83.1 Å². The fourth-order valence-corrected chi connectivity index (χ4v) is 9.81. The first-order chi connectivity index (χ1) is 53.3. The van der Waals surface area contributed by atoms with Gasteiger partial charge in [0.1, 0.15) is 5.75 Å². The summed E-state index contributed by atoms with van der Waals surface area (Å²) in [5.41, 5.74) is 14.6. The van der Waals surface area contributed by atoms with Crippen LogP contribution in [-0.2, 0) is 69.2 Å². The molecule has 0 unspecified atom stereocenters. The zero-order valence-corrected chi connectivity index (χ0v) is 78.6. The molecule has 0 fully saturated rings. The van der Waals surface area contributed by atoms with E-state index in [1.807, 2.05) is 266 Å². The van der Waals surface area contributed by atoms with Gasteiger partial charge < -0.3 is 34.4 Å². The van der Waals surface area contributed by atoms with E-state index in [2.05, 4.69) is 260 Å². The van der Waals surface area contributed by atoms with Gasteiger partial charge in [-0.15, -0.1) is 0 Å². The number of nitrogens with zero attached hydrogens (tertiary/aromatic N) is 8. The van der Waals surface area contributed by atoms with Gasteiger partial charge in [-0.2, -0.15) is 0 Å². The number of benzene rings is 8. The molecule has 0 atom stereocenters. The molecule has 16 rings (SSSR count). The molecule has 8 heterocycles. The second-order valence-corrected chi connectivity index (χ2v) is 23.6. The summed E-state index contributed by atoms with van der Waals surface area (Å²) in [7, 11) is 19.9. The smallest absolute Gasteiger partial charge is 0.0964 e. The second-order valence-electron chi connectivity index (χ2n) is 23.6. The number of hydrogen-bond donors (Lipinski definition) is 0. The van der Waals surface area contributed by atoms with Gasteiger partial charge in [0, 0.05) is 92.7 Å². The summed E-state index contributed by atoms with van der Waals surface area (Å²) in [5.74, 6) is 1.56. The van der Waals surface area contributed by atoms with Crippen LogP contribution in [0.4, 0.5) is 0 Å². The topological polar surface area (TPSA) is 112 Å². The first-order valence-electron chi connectivity index (χ1n) is 34.8. The average Bonchev–Trinajstić information content (AvgIpc) is 0.819. The Morgan fingerprint density at radius 1 is 0.248 bits per heavy atom. The van der Waals surface area contributed by atoms with Crippen LogP contribution >= 0.6 is 38.8 Å². The van der Waals surface area contributed by atoms with Crippen LogP contribution < -0.4 is 4.74 Å². The molecule has 0 amide bonds. The van der Waals surface area contributed by atoms with Crippen molar-refractivity contribution in [2.24, 2.45) is 0 Å². The van der Waals surface area contributed by atoms with Crippen molar-refractivity contribution in [3.63, 3.8) is 0 Å². The minimum absolute atomic E-state index is 0. The maximum Gasteiger partial charge on any atom is 0.0964 e. The molecule has 17 heteroatoms. The molecule has 0 radical (unpaired) electrons. The van der Waals surface area contributed by atoms with E-state index < -0.39 is 0 Å². The van der Waals surface area contributed by atoms with Crippen LogP contribution in [0.5, 0.6) is 5.75 Å². The number of rotatable bonds is 2. The van der Waals surface area contributed by atoms with E-state index in [4.69, 9.17) is 4.74 Å². The number of aryl methyl sites for hydroxylation is 4. The largest absolute Gasteiger partial charge is 0.254 e. The van der Waals surface area contributed by atoms with Crippen molar-refractivity contribution >= 4 is 126 Å². The monoisotopic (exact) mass is 1940 g/mol. The summed E-state index contributed by atoms with van der Waals surface area (Å²) in [6.45, 7) is 28.9. The zero-order valence-electron chi connectivity index (χ0n) is 68.7. The van der Waals surface area contributed by atoms with E-state index in [0.717, 1.165) is 93.0 Å². The van der Waals surface area contributed by atoms with E-state index in [-0.39, 0.29) is 29.7 Å². The van der Waals surface area contributed by atoms with Gasteiger partial charge in [0.15, 0.2) is 0 Å². The second kappa shape index (κ2) is 71.7. The van der Waals surface area contributed by atoms with Crippen LogP contribution in [0.2, 0.25) is 0 Å². The Morgan fingerprint density at radius 2 is 0.416 bits per heavy atom. The fourth-order valence-electron chi connectivity index (χ4n) is 9.81. The number of methoxy groups -OCH3 is 1. The molecule has 113 heavy (non-hydrogen) atoms. The number of ether oxygens (including phenoxy) is 1. The van der Waals surface area contributed by atoms with Gasteiger partial charge in [0.2, 0.25) is 0 Å². The predicted octanol–water partition coefficient (Wildman–Crippen LogP) is 29.7. The van der Waals surface area contributed by atoms with Gasteiger partial charge in [-0.3, -0.25) is 39.9 Å². The van der Waals surface area contributed by atoms with Crippen LogP contribution in [-0.4, -0.2) is 47.0 Å². The molecule has 0 saturated heterocycles. The summed E-state index contributed by atoms with van der Waals surface area (Å²) in [4.78, 5) is 34.8. The fraction of sp³-hybridized carbons (Fsp3) is 0.167. The first-order valence-corrected chi connectivity index (χ1v) is 43.8. The minimum atomic E-state index is 0. The van der Waals surface area contributed by atoms with E-state index in [0.29, 0.717) is 5.92 Å². The maximum atomic E-state index is 4.91. The number of halogens is 4. The van der Waals surface area contributed by atoms with Crippen molar-refractivity contribution in [2.45, 2.75) is 103 Å². The Balaban J connectivity index is -0.000000584. The third-order valence-corrected chi connectivity index (χ3v) is 14.1. The Labute approximate surface area is 736 Å². The molecule has 9 nitrogen and oxygen atoms in total. The predicted molar refractivity (Wildman–Crippen MR) is 485 cm³/mol. The molecular weight excluding hydrogens is 1830 g/mol. The summed E-state index contributed by atoms with van der Waals surface area (Å²) < 4.78 is 4.91. The first kappa shape index (κ1) is 111. The van der Waals surface area contributed by atoms with Crippen molar-refractivity contribution < 1.29 is 74.0 Å². The summed E-state index contributed by atoms with van der Waals surface area (Å²) in [5, 5.41) is 9.10. The Hall–Kier alpha value is -8.03. The zero-order chi connectivity index (χ0) is 80.8. The average molecular weight is 1940 g/mol. The van der Waals surface area contributed by atoms with Gasteiger partial charge in [-0.25, -0.2) is 0 Å². The molecule has 8 aromatic heterocycles. The van der Waals surface area contributed by atoms with Crippen molar-refractivity contribution in [3.05, 3.63) is 388 Å². The molecule has 0 N–H and O–H groups in total. The summed E-state index contributed by atoms with van der Waals surface area (Å²) in [6, 6.07) is 85.5. The number of fused-ring (bicyclic) bond motifs is 12. The standard InChI is InChI=1S/4C12H8N2.C10H14.C9H12.C7H8O.C6H6.4C3H7.4CH3.4ClH.4Ru/c4*1-3-9-5-6-10-4-2-8-14-12(10)11(9)13-7-1;1-8(2)10-6-4-9(3)5-7-10;1-7-4-8(2)6-9(3)5-7;1-8-7-5-3-2-4-6-7;1-2-4-6-5-3-1;4*1-3-2;;;;;;;;;;;;/h4*1-8H;4-8H,1-3H3;4-6H,1-3H3;2-6H,1H3;1-6H;4*3H,1-2H3;4*1H3;4*1H;;;;/q;;;;;;;;4*+1;4*-1;;;;;4*+2/p-4. The normalized spacial score (nSPS) is 8.81. The quantitative estimate of drug-likeness (QED) is 0.0949. The SMILES string of the molecule is COc1ccccc1.C[CH+]C.C[CH+]C.C[CH+]C.C[CH+]C.Cc1cc(C)cc(C)c1.Cc1ccc(C(C)C)cc1.[CH3-].[CH3-].[CH3-].[CH3-].[Cl][Ru+].[Cl][Ru+].[Cl][Ru+].[Cl][Ru+].c1ccccc1.c1cnc2c(c1)ccc1cccnc12.c1cnc2c(c1)ccc1cccnc12.c1cnc2c(c1)ccc1cccnc12.c1cnc2c(c1)ccc1cccnc12. The molecule has 8 aromatic carbocycles. The van der Waals surface area contributed by atoms with Crippen molar-refractivity contribution in [2.75, 3.05) is 7.11 Å². The molecule has 598 valence electrons. The van der Waals surface area contributed by atoms with Gasteiger partial charge in [-0.1, -0.05) is 230 Å². The number of aromatic nitrogens is 8. The minimum Gasteiger partial charge on any atom is -0.254 e. The third kappa shape index (κ3) is 43.3. The molecule has 0 spiro atoms. The molecule has 0 aliphatic carbocycles. The number of para-hydroxylation sites is 1. The van der Waals surface area contributed by atoms with Crippen molar-refractivity contribution in [1.82, 2.24) is 39.9 Å². The Kier molecular flexibility index (Phi) is 70.7. The van der Waals surface area contributed by atoms with Crippen molar-refractivity contribution in [1.29, 1.82) is 0 Å². The van der Waals surface area contributed by atoms with Crippen LogP contribution in [0.3, 0.4) is 0 Å². The van der Waals surface area contributed by atoms with Gasteiger partial charge in [-0.05, 0) is 99.8 Å². The molecule has 0 saturated carbocycles. The van der Waals surface area contributed by atoms with Crippen LogP contribution in [0.1, 0.15) is 103 Å². The summed E-state index contributed by atoms with van der Waals surface area (Å²) in [6.07, 6.45) is 22.4. The summed E-state index contributed by atoms with van der Waals surface area (Å²) >= 11 is 7.29. The van der Waals surface area contributed by atoms with Crippen LogP contribution in [0.25, 0.3) is 87.2 Å². The molecule has 0 aliphatic rings. The number of pyridine rings is 8. The maximum absolute atomic E-state index is 4.91.